The van der Waals surface area contributed by atoms with E-state index in [0.717, 1.165) is 35.4 Å². The number of unbranched alkanes of at least 4 members (excludes halogenated alkanes) is 1. The Hall–Kier alpha value is -2.16. The normalized spacial score (nSPS) is 11.0. The van der Waals surface area contributed by atoms with E-state index in [4.69, 9.17) is 0 Å². The van der Waals surface area contributed by atoms with Crippen LogP contribution in [-0.2, 0) is 6.42 Å². The summed E-state index contributed by atoms with van der Waals surface area (Å²) < 4.78 is 1.94. The largest absolute Gasteiger partial charge is 0.295 e. The topological polar surface area (TPSA) is 30.2 Å². The Balaban J connectivity index is 2.05. The summed E-state index contributed by atoms with van der Waals surface area (Å²) in [6.07, 6.45) is 10.3. The third-order valence-corrected chi connectivity index (χ3v) is 3.19. The zero-order valence-electron chi connectivity index (χ0n) is 11.0. The first kappa shape index (κ1) is 11.9. The Morgan fingerprint density at radius 3 is 2.84 bits per heavy atom. The summed E-state index contributed by atoms with van der Waals surface area (Å²) in [5.41, 5.74) is 3.96. The van der Waals surface area contributed by atoms with Crippen molar-refractivity contribution < 1.29 is 0 Å². The SMILES string of the molecule is CCCCc1nccn2[c]c(-c3ccccc3)nc12. The van der Waals surface area contributed by atoms with E-state index in [2.05, 4.69) is 35.2 Å². The molecule has 1 aromatic carbocycles. The molecule has 0 saturated heterocycles. The van der Waals surface area contributed by atoms with Gasteiger partial charge in [0.2, 0.25) is 0 Å². The molecule has 0 saturated carbocycles. The van der Waals surface area contributed by atoms with E-state index in [1.54, 1.807) is 0 Å². The van der Waals surface area contributed by atoms with Crippen molar-refractivity contribution in [1.29, 1.82) is 0 Å². The standard InChI is InChI=1S/C16H16N3/c1-2-3-9-14-16-18-15(12-19(16)11-10-17-14)13-7-5-4-6-8-13/h4-8,10-11H,2-3,9H2,1H3. The average molecular weight is 250 g/mol. The quantitative estimate of drug-likeness (QED) is 0.709. The second-order valence-electron chi connectivity index (χ2n) is 4.61. The van der Waals surface area contributed by atoms with Crippen LogP contribution in [0.3, 0.4) is 0 Å². The summed E-state index contributed by atoms with van der Waals surface area (Å²) in [5, 5.41) is 0. The Bertz CT molecular complexity index is 671. The van der Waals surface area contributed by atoms with Crippen molar-refractivity contribution in [2.24, 2.45) is 0 Å². The first-order valence-electron chi connectivity index (χ1n) is 6.69. The number of fused-ring (bicyclic) bond motifs is 1. The van der Waals surface area contributed by atoms with E-state index in [1.807, 2.05) is 35.0 Å². The van der Waals surface area contributed by atoms with Crippen LogP contribution in [0.5, 0.6) is 0 Å². The van der Waals surface area contributed by atoms with Gasteiger partial charge in [-0.05, 0) is 12.8 Å². The Labute approximate surface area is 113 Å². The molecule has 0 atom stereocenters. The molecule has 0 aliphatic rings. The number of imidazole rings is 1. The minimum absolute atomic E-state index is 0.881. The van der Waals surface area contributed by atoms with Gasteiger partial charge < -0.3 is 0 Å². The maximum absolute atomic E-state index is 4.68. The summed E-state index contributed by atoms with van der Waals surface area (Å²) in [6.45, 7) is 2.19. The van der Waals surface area contributed by atoms with Crippen LogP contribution < -0.4 is 0 Å². The number of aromatic nitrogens is 3. The van der Waals surface area contributed by atoms with Crippen molar-refractivity contribution in [3.8, 4) is 11.3 Å². The predicted octanol–water partition coefficient (Wildman–Crippen LogP) is 3.54. The molecular weight excluding hydrogens is 234 g/mol. The molecule has 19 heavy (non-hydrogen) atoms. The van der Waals surface area contributed by atoms with Crippen LogP contribution in [-0.4, -0.2) is 14.4 Å². The van der Waals surface area contributed by atoms with Crippen LogP contribution >= 0.6 is 0 Å². The molecule has 0 aliphatic carbocycles. The van der Waals surface area contributed by atoms with E-state index >= 15 is 0 Å². The molecule has 0 unspecified atom stereocenters. The molecule has 3 nitrogen and oxygen atoms in total. The van der Waals surface area contributed by atoms with Crippen LogP contribution in [0.25, 0.3) is 16.9 Å². The van der Waals surface area contributed by atoms with Crippen LogP contribution in [0, 0.1) is 6.20 Å². The lowest BCUT2D eigenvalue weighted by molar-refractivity contribution is 0.775. The lowest BCUT2D eigenvalue weighted by atomic mass is 10.2. The zero-order valence-corrected chi connectivity index (χ0v) is 11.0. The molecule has 0 aliphatic heterocycles. The van der Waals surface area contributed by atoms with Gasteiger partial charge in [-0.15, -0.1) is 0 Å². The minimum atomic E-state index is 0.881. The summed E-state index contributed by atoms with van der Waals surface area (Å²) in [6, 6.07) is 10.1. The molecule has 2 heterocycles. The van der Waals surface area contributed by atoms with Crippen LogP contribution in [0.2, 0.25) is 0 Å². The van der Waals surface area contributed by atoms with Crippen LogP contribution in [0.1, 0.15) is 25.5 Å². The predicted molar refractivity (Wildman–Crippen MR) is 75.9 cm³/mol. The average Bonchev–Trinajstić information content (AvgIpc) is 2.90. The fourth-order valence-corrected chi connectivity index (χ4v) is 2.16. The van der Waals surface area contributed by atoms with Gasteiger partial charge in [0.05, 0.1) is 11.4 Å². The lowest BCUT2D eigenvalue weighted by Gasteiger charge is -2.00. The Morgan fingerprint density at radius 1 is 1.21 bits per heavy atom. The molecule has 3 heteroatoms. The van der Waals surface area contributed by atoms with E-state index in [1.165, 1.54) is 6.42 Å². The molecule has 3 rings (SSSR count). The maximum Gasteiger partial charge on any atom is 0.159 e. The van der Waals surface area contributed by atoms with Crippen molar-refractivity contribution in [3.63, 3.8) is 0 Å². The molecule has 1 radical (unpaired) electrons. The highest BCUT2D eigenvalue weighted by Crippen LogP contribution is 2.19. The highest BCUT2D eigenvalue weighted by Gasteiger charge is 2.09. The van der Waals surface area contributed by atoms with E-state index in [-0.39, 0.29) is 0 Å². The molecule has 0 N–H and O–H groups in total. The fraction of sp³-hybridized carbons (Fsp3) is 0.250. The van der Waals surface area contributed by atoms with E-state index in [0.29, 0.717) is 0 Å². The van der Waals surface area contributed by atoms with E-state index in [9.17, 15) is 0 Å². The van der Waals surface area contributed by atoms with Gasteiger partial charge in [-0.3, -0.25) is 9.38 Å². The maximum atomic E-state index is 4.68. The van der Waals surface area contributed by atoms with Gasteiger partial charge in [-0.2, -0.15) is 0 Å². The lowest BCUT2D eigenvalue weighted by Crippen LogP contribution is -1.95. The van der Waals surface area contributed by atoms with Gasteiger partial charge in [-0.25, -0.2) is 4.98 Å². The Morgan fingerprint density at radius 2 is 2.05 bits per heavy atom. The Kier molecular flexibility index (Phi) is 3.27. The summed E-state index contributed by atoms with van der Waals surface area (Å²) in [7, 11) is 0. The second-order valence-corrected chi connectivity index (χ2v) is 4.61. The van der Waals surface area contributed by atoms with Crippen LogP contribution in [0.15, 0.2) is 42.7 Å². The summed E-state index contributed by atoms with van der Waals surface area (Å²) in [5.74, 6) is 0. The van der Waals surface area contributed by atoms with Gasteiger partial charge in [-0.1, -0.05) is 43.7 Å². The second kappa shape index (κ2) is 5.22. The molecule has 0 bridgehead atoms. The van der Waals surface area contributed by atoms with Gasteiger partial charge in [0, 0.05) is 18.0 Å². The monoisotopic (exact) mass is 250 g/mol. The third kappa shape index (κ3) is 2.36. The molecule has 0 spiro atoms. The number of benzene rings is 1. The fourth-order valence-electron chi connectivity index (χ4n) is 2.16. The highest BCUT2D eigenvalue weighted by atomic mass is 15.0. The van der Waals surface area contributed by atoms with Crippen molar-refractivity contribution >= 4 is 5.65 Å². The number of rotatable bonds is 4. The van der Waals surface area contributed by atoms with Gasteiger partial charge in [0.25, 0.3) is 0 Å². The first-order valence-corrected chi connectivity index (χ1v) is 6.69. The summed E-state index contributed by atoms with van der Waals surface area (Å²) in [4.78, 5) is 9.13. The minimum Gasteiger partial charge on any atom is -0.295 e. The van der Waals surface area contributed by atoms with Crippen LogP contribution in [0.4, 0.5) is 0 Å². The molecule has 3 aromatic rings. The van der Waals surface area contributed by atoms with E-state index < -0.39 is 0 Å². The van der Waals surface area contributed by atoms with Gasteiger partial charge in [0.1, 0.15) is 6.20 Å². The first-order chi connectivity index (χ1) is 9.38. The number of nitrogens with zero attached hydrogens (tertiary/aromatic N) is 3. The molecule has 0 amide bonds. The zero-order chi connectivity index (χ0) is 13.1. The molecule has 2 aromatic heterocycles. The number of aryl methyl sites for hydroxylation is 1. The molecule has 0 fully saturated rings. The van der Waals surface area contributed by atoms with Gasteiger partial charge in [0.15, 0.2) is 5.65 Å². The number of hydrogen-bond acceptors (Lipinski definition) is 2. The van der Waals surface area contributed by atoms with Crippen molar-refractivity contribution in [1.82, 2.24) is 14.4 Å². The van der Waals surface area contributed by atoms with Crippen molar-refractivity contribution in [3.05, 3.63) is 54.6 Å². The summed E-state index contributed by atoms with van der Waals surface area (Å²) >= 11 is 0. The smallest absolute Gasteiger partial charge is 0.159 e. The van der Waals surface area contributed by atoms with Crippen molar-refractivity contribution in [2.45, 2.75) is 26.2 Å². The van der Waals surface area contributed by atoms with Gasteiger partial charge >= 0.3 is 0 Å². The highest BCUT2D eigenvalue weighted by molar-refractivity contribution is 5.62. The molecular formula is C16H16N3. The number of hydrogen-bond donors (Lipinski definition) is 0. The molecule has 95 valence electrons. The van der Waals surface area contributed by atoms with Crippen molar-refractivity contribution in [2.75, 3.05) is 0 Å². The third-order valence-electron chi connectivity index (χ3n) is 3.19.